The highest BCUT2D eigenvalue weighted by Gasteiger charge is 2.42. The summed E-state index contributed by atoms with van der Waals surface area (Å²) in [6, 6.07) is 13.5. The first-order valence-corrected chi connectivity index (χ1v) is 12.2. The van der Waals surface area contributed by atoms with Crippen LogP contribution in [0.5, 0.6) is 5.75 Å². The molecule has 1 aliphatic carbocycles. The normalized spacial score (nSPS) is 18.5. The molecule has 0 spiro atoms. The number of benzene rings is 1. The first-order chi connectivity index (χ1) is 18.1. The molecule has 0 unspecified atom stereocenters. The van der Waals surface area contributed by atoms with E-state index in [0.29, 0.717) is 22.2 Å². The van der Waals surface area contributed by atoms with Crippen molar-refractivity contribution in [1.29, 1.82) is 0 Å². The minimum atomic E-state index is -4.70. The van der Waals surface area contributed by atoms with Crippen LogP contribution in [0.2, 0.25) is 0 Å². The highest BCUT2D eigenvalue weighted by molar-refractivity contribution is 5.87. The van der Waals surface area contributed by atoms with Crippen LogP contribution in [0.15, 0.2) is 67.1 Å². The van der Waals surface area contributed by atoms with Gasteiger partial charge < -0.3 is 4.74 Å². The van der Waals surface area contributed by atoms with Crippen molar-refractivity contribution in [3.8, 4) is 17.0 Å². The third kappa shape index (κ3) is 5.58. The van der Waals surface area contributed by atoms with Gasteiger partial charge in [0, 0.05) is 30.2 Å². The van der Waals surface area contributed by atoms with E-state index in [1.54, 1.807) is 18.3 Å². The third-order valence-corrected chi connectivity index (χ3v) is 6.94. The Morgan fingerprint density at radius 3 is 2.29 bits per heavy atom. The van der Waals surface area contributed by atoms with Crippen molar-refractivity contribution in [2.24, 2.45) is 5.92 Å². The number of hydrogen-bond donors (Lipinski definition) is 0. The Kier molecular flexibility index (Phi) is 6.98. The minimum Gasteiger partial charge on any atom is -0.488 e. The summed E-state index contributed by atoms with van der Waals surface area (Å²) in [5, 5.41) is 0.588. The van der Waals surface area contributed by atoms with Crippen molar-refractivity contribution in [3.63, 3.8) is 0 Å². The SMILES string of the molecule is FC(F)(F)c1cc(-c2cc(OCc3ccccc3)c3cnccc3n2)c(C2CCC(C(F)(F)F)CC2)cn1. The monoisotopic (exact) mass is 531 g/mol. The molecule has 0 atom stereocenters. The van der Waals surface area contributed by atoms with Crippen LogP contribution in [0.3, 0.4) is 0 Å². The smallest absolute Gasteiger partial charge is 0.433 e. The number of halogens is 6. The summed E-state index contributed by atoms with van der Waals surface area (Å²) in [6.45, 7) is 0.215. The molecule has 4 nitrogen and oxygen atoms in total. The number of alkyl halides is 6. The molecule has 0 saturated heterocycles. The van der Waals surface area contributed by atoms with E-state index in [-0.39, 0.29) is 49.5 Å². The van der Waals surface area contributed by atoms with E-state index in [1.165, 1.54) is 6.20 Å². The van der Waals surface area contributed by atoms with Crippen LogP contribution >= 0.6 is 0 Å². The van der Waals surface area contributed by atoms with Gasteiger partial charge in [0.2, 0.25) is 0 Å². The van der Waals surface area contributed by atoms with Crippen molar-refractivity contribution >= 4 is 10.9 Å². The van der Waals surface area contributed by atoms with Gasteiger partial charge in [0.1, 0.15) is 18.1 Å². The summed E-state index contributed by atoms with van der Waals surface area (Å²) in [7, 11) is 0. The second-order valence-electron chi connectivity index (χ2n) is 9.42. The number of aromatic nitrogens is 3. The average molecular weight is 532 g/mol. The maximum absolute atomic E-state index is 13.6. The molecule has 0 amide bonds. The number of pyridine rings is 3. The quantitative estimate of drug-likeness (QED) is 0.244. The van der Waals surface area contributed by atoms with Crippen molar-refractivity contribution in [2.45, 2.75) is 50.6 Å². The molecule has 1 fully saturated rings. The molecule has 3 aromatic heterocycles. The second-order valence-corrected chi connectivity index (χ2v) is 9.42. The zero-order valence-corrected chi connectivity index (χ0v) is 20.1. The molecule has 3 heterocycles. The van der Waals surface area contributed by atoms with E-state index >= 15 is 0 Å². The molecule has 1 aliphatic rings. The molecular weight excluding hydrogens is 508 g/mol. The second kappa shape index (κ2) is 10.2. The molecule has 0 radical (unpaired) electrons. The maximum Gasteiger partial charge on any atom is 0.433 e. The van der Waals surface area contributed by atoms with Crippen molar-refractivity contribution in [1.82, 2.24) is 15.0 Å². The van der Waals surface area contributed by atoms with Gasteiger partial charge in [-0.15, -0.1) is 0 Å². The van der Waals surface area contributed by atoms with Crippen LogP contribution < -0.4 is 4.74 Å². The molecule has 10 heteroatoms. The number of fused-ring (bicyclic) bond motifs is 1. The van der Waals surface area contributed by atoms with Crippen LogP contribution in [0, 0.1) is 5.92 Å². The fourth-order valence-corrected chi connectivity index (χ4v) is 4.93. The van der Waals surface area contributed by atoms with E-state index in [4.69, 9.17) is 4.74 Å². The van der Waals surface area contributed by atoms with E-state index in [9.17, 15) is 26.3 Å². The number of ether oxygens (including phenoxy) is 1. The number of rotatable bonds is 5. The van der Waals surface area contributed by atoms with E-state index in [2.05, 4.69) is 15.0 Å². The van der Waals surface area contributed by atoms with Gasteiger partial charge in [0.15, 0.2) is 0 Å². The molecule has 0 N–H and O–H groups in total. The molecule has 198 valence electrons. The van der Waals surface area contributed by atoms with Crippen molar-refractivity contribution in [3.05, 3.63) is 83.9 Å². The summed E-state index contributed by atoms with van der Waals surface area (Å²) in [5.41, 5.74) is 1.14. The summed E-state index contributed by atoms with van der Waals surface area (Å²) in [6.07, 6.45) is -4.54. The fraction of sp³-hybridized carbons (Fsp3) is 0.321. The Labute approximate surface area is 214 Å². The van der Waals surface area contributed by atoms with Gasteiger partial charge in [-0.1, -0.05) is 30.3 Å². The van der Waals surface area contributed by atoms with Crippen LogP contribution in [0.4, 0.5) is 26.3 Å². The van der Waals surface area contributed by atoms with Gasteiger partial charge in [-0.3, -0.25) is 9.97 Å². The van der Waals surface area contributed by atoms with Crippen LogP contribution in [0.25, 0.3) is 22.2 Å². The maximum atomic E-state index is 13.6. The lowest BCUT2D eigenvalue weighted by Crippen LogP contribution is -2.27. The molecule has 5 rings (SSSR count). The lowest BCUT2D eigenvalue weighted by molar-refractivity contribution is -0.182. The van der Waals surface area contributed by atoms with E-state index in [1.807, 2.05) is 30.3 Å². The van der Waals surface area contributed by atoms with Gasteiger partial charge >= 0.3 is 12.4 Å². The Hall–Kier alpha value is -3.69. The van der Waals surface area contributed by atoms with Gasteiger partial charge in [-0.2, -0.15) is 26.3 Å². The molecular formula is C28H23F6N3O. The van der Waals surface area contributed by atoms with E-state index in [0.717, 1.165) is 17.8 Å². The fourth-order valence-electron chi connectivity index (χ4n) is 4.93. The molecule has 0 aliphatic heterocycles. The Morgan fingerprint density at radius 1 is 0.868 bits per heavy atom. The molecule has 38 heavy (non-hydrogen) atoms. The summed E-state index contributed by atoms with van der Waals surface area (Å²) in [4.78, 5) is 12.3. The van der Waals surface area contributed by atoms with Gasteiger partial charge in [-0.25, -0.2) is 4.98 Å². The van der Waals surface area contributed by atoms with Gasteiger partial charge in [-0.05, 0) is 54.9 Å². The van der Waals surface area contributed by atoms with Crippen LogP contribution in [-0.4, -0.2) is 21.1 Å². The first kappa shape index (κ1) is 25.9. The molecule has 0 bridgehead atoms. The zero-order chi connectivity index (χ0) is 26.9. The van der Waals surface area contributed by atoms with Gasteiger partial charge in [0.25, 0.3) is 0 Å². The Bertz CT molecular complexity index is 1410. The summed E-state index contributed by atoms with van der Waals surface area (Å²) >= 11 is 0. The average Bonchev–Trinajstić information content (AvgIpc) is 2.91. The molecule has 4 aromatic rings. The Balaban J connectivity index is 1.57. The lowest BCUT2D eigenvalue weighted by Gasteiger charge is -2.31. The topological polar surface area (TPSA) is 47.9 Å². The van der Waals surface area contributed by atoms with Crippen LogP contribution in [0.1, 0.15) is 48.4 Å². The van der Waals surface area contributed by atoms with Crippen molar-refractivity contribution in [2.75, 3.05) is 0 Å². The van der Waals surface area contributed by atoms with E-state index < -0.39 is 24.0 Å². The molecule has 1 saturated carbocycles. The highest BCUT2D eigenvalue weighted by atomic mass is 19.4. The van der Waals surface area contributed by atoms with Crippen molar-refractivity contribution < 1.29 is 31.1 Å². The summed E-state index contributed by atoms with van der Waals surface area (Å²) in [5.74, 6) is -1.39. The largest absolute Gasteiger partial charge is 0.488 e. The Morgan fingerprint density at radius 2 is 1.61 bits per heavy atom. The van der Waals surface area contributed by atoms with Crippen LogP contribution in [-0.2, 0) is 12.8 Å². The number of hydrogen-bond acceptors (Lipinski definition) is 4. The summed E-state index contributed by atoms with van der Waals surface area (Å²) < 4.78 is 86.6. The molecule has 1 aromatic carbocycles. The standard InChI is InChI=1S/C28H23F6N3O/c29-27(30,31)19-8-6-18(7-9-19)21-15-36-26(28(32,33)34)12-20(21)24-13-25(22-14-35-11-10-23(22)37-24)38-16-17-4-2-1-3-5-17/h1-5,10-15,18-19H,6-9,16H2. The predicted molar refractivity (Wildman–Crippen MR) is 129 cm³/mol. The minimum absolute atomic E-state index is 0.0864. The first-order valence-electron chi connectivity index (χ1n) is 12.2. The van der Waals surface area contributed by atoms with Gasteiger partial charge in [0.05, 0.1) is 22.5 Å². The predicted octanol–water partition coefficient (Wildman–Crippen LogP) is 8.13. The number of nitrogens with zero attached hydrogens (tertiary/aromatic N) is 3. The zero-order valence-electron chi connectivity index (χ0n) is 20.1. The highest BCUT2D eigenvalue weighted by Crippen LogP contribution is 2.46. The third-order valence-electron chi connectivity index (χ3n) is 6.94. The lowest BCUT2D eigenvalue weighted by atomic mass is 9.77.